The Hall–Kier alpha value is -2.60. The van der Waals surface area contributed by atoms with Crippen LogP contribution >= 0.6 is 12.2 Å². The molecule has 11 heteroatoms. The van der Waals surface area contributed by atoms with E-state index in [9.17, 15) is 31.1 Å². The number of allylic oxidation sites excluding steroid dienone is 4. The number of aliphatic hydroxyl groups is 1. The van der Waals surface area contributed by atoms with E-state index in [1.54, 1.807) is 30.4 Å². The van der Waals surface area contributed by atoms with Gasteiger partial charge in [0.15, 0.2) is 5.60 Å². The molecule has 4 rings (SSSR count). The van der Waals surface area contributed by atoms with Crippen molar-refractivity contribution in [2.75, 3.05) is 24.5 Å². The Labute approximate surface area is 218 Å². The highest BCUT2D eigenvalue weighted by atomic mass is 32.2. The molecule has 0 radical (unpaired) electrons. The third-order valence-electron chi connectivity index (χ3n) is 6.75. The van der Waals surface area contributed by atoms with Gasteiger partial charge in [-0.25, -0.2) is 12.8 Å². The summed E-state index contributed by atoms with van der Waals surface area (Å²) < 4.78 is 82.5. The second-order valence-electron chi connectivity index (χ2n) is 9.21. The Balaban J connectivity index is 1.65. The van der Waals surface area contributed by atoms with Crippen molar-refractivity contribution < 1.29 is 31.1 Å². The molecule has 2 aromatic carbocycles. The molecule has 5 nitrogen and oxygen atoms in total. The van der Waals surface area contributed by atoms with E-state index in [0.29, 0.717) is 29.5 Å². The first-order valence-corrected chi connectivity index (χ1v) is 13.5. The first kappa shape index (κ1) is 27.4. The molecule has 1 heterocycles. The summed E-state index contributed by atoms with van der Waals surface area (Å²) in [6.45, 7) is 1.06. The van der Waals surface area contributed by atoms with Crippen molar-refractivity contribution in [2.24, 2.45) is 0 Å². The molecule has 0 bridgehead atoms. The summed E-state index contributed by atoms with van der Waals surface area (Å²) in [5.41, 5.74) is -2.41. The number of nitrogens with zero attached hydrogens (tertiary/aromatic N) is 2. The molecule has 0 amide bonds. The molecule has 1 aliphatic heterocycles. The van der Waals surface area contributed by atoms with Crippen LogP contribution in [0.3, 0.4) is 0 Å². The molecule has 2 atom stereocenters. The molecule has 0 spiro atoms. The zero-order chi connectivity index (χ0) is 27.0. The van der Waals surface area contributed by atoms with Crippen molar-refractivity contribution in [3.63, 3.8) is 0 Å². The van der Waals surface area contributed by atoms with Crippen molar-refractivity contribution in [3.05, 3.63) is 88.6 Å². The van der Waals surface area contributed by atoms with Gasteiger partial charge < -0.3 is 10.0 Å². The fourth-order valence-corrected chi connectivity index (χ4v) is 6.58. The second-order valence-corrected chi connectivity index (χ2v) is 11.6. The number of rotatable bonds is 6. The van der Waals surface area contributed by atoms with Gasteiger partial charge in [0.25, 0.3) is 0 Å². The minimum Gasteiger partial charge on any atom is -0.376 e. The Morgan fingerprint density at radius 3 is 2.38 bits per heavy atom. The first-order valence-electron chi connectivity index (χ1n) is 11.6. The van der Waals surface area contributed by atoms with Crippen molar-refractivity contribution in [1.82, 2.24) is 4.31 Å². The molecular formula is C26H26F4N2O3S2. The fourth-order valence-electron chi connectivity index (χ4n) is 4.51. The zero-order valence-corrected chi connectivity index (χ0v) is 21.6. The van der Waals surface area contributed by atoms with Crippen LogP contribution in [-0.4, -0.2) is 54.5 Å². The van der Waals surface area contributed by atoms with E-state index in [0.717, 1.165) is 0 Å². The van der Waals surface area contributed by atoms with Crippen LogP contribution in [0.4, 0.5) is 23.2 Å². The van der Waals surface area contributed by atoms with Crippen molar-refractivity contribution in [1.29, 1.82) is 0 Å². The van der Waals surface area contributed by atoms with Crippen LogP contribution < -0.4 is 4.90 Å². The quantitative estimate of drug-likeness (QED) is 0.408. The van der Waals surface area contributed by atoms with Crippen molar-refractivity contribution >= 4 is 32.8 Å². The number of hydrogen-bond donors (Lipinski definition) is 1. The molecule has 2 aliphatic rings. The Morgan fingerprint density at radius 1 is 1.08 bits per heavy atom. The normalized spacial score (nSPS) is 21.0. The van der Waals surface area contributed by atoms with Crippen LogP contribution in [0, 0.1) is 5.82 Å². The van der Waals surface area contributed by atoms with E-state index in [1.165, 1.54) is 40.7 Å². The van der Waals surface area contributed by atoms with Crippen LogP contribution in [-0.2, 0) is 22.0 Å². The smallest absolute Gasteiger partial charge is 0.376 e. The number of anilines is 1. The number of piperazine rings is 1. The fraction of sp³-hybridized carbons (Fsp3) is 0.346. The molecule has 1 N–H and O–H groups in total. The van der Waals surface area contributed by atoms with E-state index in [1.807, 2.05) is 4.90 Å². The number of hydrogen-bond acceptors (Lipinski definition) is 5. The van der Waals surface area contributed by atoms with Gasteiger partial charge in [-0.15, -0.1) is 0 Å². The summed E-state index contributed by atoms with van der Waals surface area (Å²) in [5.74, 6) is -0.430. The maximum atomic E-state index is 14.5. The van der Waals surface area contributed by atoms with Gasteiger partial charge in [-0.2, -0.15) is 17.5 Å². The van der Waals surface area contributed by atoms with Gasteiger partial charge in [-0.1, -0.05) is 54.7 Å². The molecule has 1 aliphatic carbocycles. The average molecular weight is 555 g/mol. The molecule has 1 saturated heterocycles. The van der Waals surface area contributed by atoms with E-state index in [-0.39, 0.29) is 36.5 Å². The highest BCUT2D eigenvalue weighted by molar-refractivity contribution is 7.96. The second kappa shape index (κ2) is 10.3. The number of alkyl halides is 3. The average Bonchev–Trinajstić information content (AvgIpc) is 2.85. The number of sulfonamides is 1. The Kier molecular flexibility index (Phi) is 7.62. The summed E-state index contributed by atoms with van der Waals surface area (Å²) in [6, 6.07) is 11.0. The first-order chi connectivity index (χ1) is 17.3. The minimum atomic E-state index is -4.86. The topological polar surface area (TPSA) is 60.9 Å². The third-order valence-corrected chi connectivity index (χ3v) is 9.22. The summed E-state index contributed by atoms with van der Waals surface area (Å²) in [6.07, 6.45) is 0.570. The highest BCUT2D eigenvalue weighted by Crippen LogP contribution is 2.39. The minimum absolute atomic E-state index is 0.0301. The lowest BCUT2D eigenvalue weighted by molar-refractivity contribution is -0.258. The Morgan fingerprint density at radius 2 is 1.76 bits per heavy atom. The number of benzene rings is 2. The van der Waals surface area contributed by atoms with E-state index in [2.05, 4.69) is 0 Å². The number of halogens is 4. The molecule has 0 saturated carbocycles. The predicted molar refractivity (Wildman–Crippen MR) is 138 cm³/mol. The molecule has 1 fully saturated rings. The third kappa shape index (κ3) is 5.50. The molecule has 1 unspecified atom stereocenters. The molecule has 198 valence electrons. The maximum absolute atomic E-state index is 14.5. The monoisotopic (exact) mass is 554 g/mol. The summed E-state index contributed by atoms with van der Waals surface area (Å²) in [4.78, 5) is 2.25. The van der Waals surface area contributed by atoms with Gasteiger partial charge >= 0.3 is 6.18 Å². The molecule has 2 aromatic rings. The van der Waals surface area contributed by atoms with Gasteiger partial charge in [0.1, 0.15) is 5.82 Å². The Bertz CT molecular complexity index is 1340. The van der Waals surface area contributed by atoms with E-state index >= 15 is 0 Å². The number of thiocarbonyl (C=S) groups is 1. The van der Waals surface area contributed by atoms with E-state index < -0.39 is 33.7 Å². The van der Waals surface area contributed by atoms with Crippen LogP contribution in [0.1, 0.15) is 24.5 Å². The lowest BCUT2D eigenvalue weighted by Gasteiger charge is -2.43. The lowest BCUT2D eigenvalue weighted by atomic mass is 9.94. The van der Waals surface area contributed by atoms with Gasteiger partial charge in [0.2, 0.25) is 10.0 Å². The molecule has 37 heavy (non-hydrogen) atoms. The lowest BCUT2D eigenvalue weighted by Crippen LogP contribution is -2.56. The van der Waals surface area contributed by atoms with Crippen LogP contribution in [0.15, 0.2) is 71.7 Å². The SMILES string of the molecule is CC(O)(c1ccc(N2CCN(S(=O)(=O)C3=CC=CCC3=S)C[C@@H]2Cc2ccccc2F)cc1)C(F)(F)F. The predicted octanol–water partition coefficient (Wildman–Crippen LogP) is 4.87. The molecule has 0 aromatic heterocycles. The maximum Gasteiger partial charge on any atom is 0.421 e. The largest absolute Gasteiger partial charge is 0.421 e. The van der Waals surface area contributed by atoms with Gasteiger partial charge in [0, 0.05) is 42.6 Å². The van der Waals surface area contributed by atoms with E-state index in [4.69, 9.17) is 12.2 Å². The van der Waals surface area contributed by atoms with Crippen LogP contribution in [0.5, 0.6) is 0 Å². The van der Waals surface area contributed by atoms with Crippen molar-refractivity contribution in [3.8, 4) is 0 Å². The molecular weight excluding hydrogens is 528 g/mol. The van der Waals surface area contributed by atoms with Gasteiger partial charge in [0.05, 0.1) is 4.91 Å². The zero-order valence-electron chi connectivity index (χ0n) is 20.0. The standard InChI is InChI=1S/C26H26F4N2O3S2/c1-25(33,26(28,29)30)19-10-12-20(13-11-19)32-15-14-31(37(34,35)24-9-5-4-8-23(24)36)17-21(32)16-18-6-2-3-7-22(18)27/h2-7,9-13,21,33H,8,14-17H2,1H3/t21-,25?/m0/s1. The van der Waals surface area contributed by atoms with Gasteiger partial charge in [-0.3, -0.25) is 0 Å². The van der Waals surface area contributed by atoms with Gasteiger partial charge in [-0.05, 0) is 48.7 Å². The summed E-state index contributed by atoms with van der Waals surface area (Å²) >= 11 is 5.28. The summed E-state index contributed by atoms with van der Waals surface area (Å²) in [5, 5.41) is 10.00. The van der Waals surface area contributed by atoms with Crippen LogP contribution in [0.2, 0.25) is 0 Å². The highest BCUT2D eigenvalue weighted by Gasteiger charge is 2.51. The van der Waals surface area contributed by atoms with Crippen LogP contribution in [0.25, 0.3) is 0 Å². The van der Waals surface area contributed by atoms with Crippen molar-refractivity contribution in [2.45, 2.75) is 37.6 Å². The summed E-state index contributed by atoms with van der Waals surface area (Å²) in [7, 11) is -3.89.